The number of carboxylic acid groups (broad SMARTS) is 1. The molecule has 2 aromatic carbocycles. The second-order valence-corrected chi connectivity index (χ2v) is 7.02. The zero-order valence-electron chi connectivity index (χ0n) is 16.9. The normalized spacial score (nSPS) is 13.4. The van der Waals surface area contributed by atoms with Gasteiger partial charge in [-0.25, -0.2) is 4.79 Å². The van der Waals surface area contributed by atoms with E-state index >= 15 is 0 Å². The van der Waals surface area contributed by atoms with Crippen molar-refractivity contribution in [3.63, 3.8) is 0 Å². The zero-order valence-corrected chi connectivity index (χ0v) is 16.9. The summed E-state index contributed by atoms with van der Waals surface area (Å²) in [6.45, 7) is 4.86. The molecule has 0 heterocycles. The lowest BCUT2D eigenvalue weighted by molar-refractivity contribution is -0.153. The number of aliphatic carboxylic acids is 1. The third kappa shape index (κ3) is 6.88. The molecule has 1 atom stereocenters. The van der Waals surface area contributed by atoms with E-state index in [4.69, 9.17) is 9.57 Å². The van der Waals surface area contributed by atoms with Crippen LogP contribution in [-0.2, 0) is 33.6 Å². The molecule has 0 aromatic heterocycles. The highest BCUT2D eigenvalue weighted by Crippen LogP contribution is 2.32. The smallest absolute Gasteiger partial charge is 0.416 e. The maximum atomic E-state index is 13.0. The first-order chi connectivity index (χ1) is 14.1. The van der Waals surface area contributed by atoms with E-state index in [2.05, 4.69) is 5.16 Å². The molecule has 0 aliphatic heterocycles. The Balaban J connectivity index is 2.09. The summed E-state index contributed by atoms with van der Waals surface area (Å²) in [7, 11) is 0. The molecular weight excluding hydrogens is 399 g/mol. The average molecular weight is 423 g/mol. The Labute approximate surface area is 173 Å². The standard InChI is InChI=1S/C22H24F3NO4/c1-14(2)30-20(21(27)28)12-16-7-6-9-17(11-16)15(3)26-29-13-18-8-4-5-10-19(18)22(23,24)25/h4-11,14,20H,12-13H2,1-3H3,(H,27,28). The van der Waals surface area contributed by atoms with E-state index in [1.165, 1.54) is 18.2 Å². The first-order valence-corrected chi connectivity index (χ1v) is 9.37. The molecule has 30 heavy (non-hydrogen) atoms. The molecule has 0 aliphatic rings. The van der Waals surface area contributed by atoms with Gasteiger partial charge in [0.2, 0.25) is 0 Å². The number of benzene rings is 2. The largest absolute Gasteiger partial charge is 0.479 e. The SMILES string of the molecule is CC(=NOCc1ccccc1C(F)(F)F)c1cccc(CC(OC(C)C)C(=O)O)c1. The van der Waals surface area contributed by atoms with Gasteiger partial charge >= 0.3 is 12.1 Å². The van der Waals surface area contributed by atoms with Crippen molar-refractivity contribution in [3.8, 4) is 0 Å². The molecule has 0 aliphatic carbocycles. The van der Waals surface area contributed by atoms with E-state index < -0.39 is 23.8 Å². The van der Waals surface area contributed by atoms with Gasteiger partial charge in [-0.2, -0.15) is 13.2 Å². The lowest BCUT2D eigenvalue weighted by Crippen LogP contribution is -2.29. The fourth-order valence-electron chi connectivity index (χ4n) is 2.83. The van der Waals surface area contributed by atoms with Crippen molar-refractivity contribution < 1.29 is 32.6 Å². The Hall–Kier alpha value is -2.87. The molecular formula is C22H24F3NO4. The molecule has 1 N–H and O–H groups in total. The van der Waals surface area contributed by atoms with E-state index in [1.807, 2.05) is 0 Å². The first-order valence-electron chi connectivity index (χ1n) is 9.37. The van der Waals surface area contributed by atoms with Crippen LogP contribution in [0.4, 0.5) is 13.2 Å². The van der Waals surface area contributed by atoms with Crippen molar-refractivity contribution >= 4 is 11.7 Å². The van der Waals surface area contributed by atoms with Crippen LogP contribution in [0.15, 0.2) is 53.7 Å². The molecule has 2 aromatic rings. The van der Waals surface area contributed by atoms with E-state index in [0.29, 0.717) is 11.3 Å². The number of ether oxygens (including phenoxy) is 1. The van der Waals surface area contributed by atoms with Gasteiger partial charge in [0.1, 0.15) is 6.61 Å². The molecule has 0 fully saturated rings. The van der Waals surface area contributed by atoms with Gasteiger partial charge in [0.15, 0.2) is 6.10 Å². The number of rotatable bonds is 9. The van der Waals surface area contributed by atoms with Crippen molar-refractivity contribution in [1.29, 1.82) is 0 Å². The van der Waals surface area contributed by atoms with Crippen LogP contribution in [0.2, 0.25) is 0 Å². The Bertz CT molecular complexity index is 894. The molecule has 0 saturated heterocycles. The van der Waals surface area contributed by atoms with E-state index in [9.17, 15) is 23.1 Å². The monoisotopic (exact) mass is 423 g/mol. The van der Waals surface area contributed by atoms with Crippen LogP contribution >= 0.6 is 0 Å². The molecule has 0 radical (unpaired) electrons. The number of carboxylic acids is 1. The van der Waals surface area contributed by atoms with Crippen molar-refractivity contribution in [3.05, 3.63) is 70.8 Å². The van der Waals surface area contributed by atoms with Crippen LogP contribution in [0.1, 0.15) is 43.0 Å². The average Bonchev–Trinajstić information content (AvgIpc) is 2.67. The molecule has 1 unspecified atom stereocenters. The van der Waals surface area contributed by atoms with Gasteiger partial charge in [0, 0.05) is 12.0 Å². The summed E-state index contributed by atoms with van der Waals surface area (Å²) in [4.78, 5) is 16.5. The van der Waals surface area contributed by atoms with E-state index in [1.54, 1.807) is 45.0 Å². The van der Waals surface area contributed by atoms with Crippen LogP contribution < -0.4 is 0 Å². The Kier molecular flexibility index (Phi) is 8.00. The van der Waals surface area contributed by atoms with Gasteiger partial charge in [-0.15, -0.1) is 0 Å². The fraction of sp³-hybridized carbons (Fsp3) is 0.364. The molecule has 8 heteroatoms. The fourth-order valence-corrected chi connectivity index (χ4v) is 2.83. The summed E-state index contributed by atoms with van der Waals surface area (Å²) in [6, 6.07) is 12.2. The summed E-state index contributed by atoms with van der Waals surface area (Å²) in [6.07, 6.45) is -5.50. The lowest BCUT2D eigenvalue weighted by Gasteiger charge is -2.17. The highest BCUT2D eigenvalue weighted by molar-refractivity contribution is 5.98. The van der Waals surface area contributed by atoms with E-state index in [0.717, 1.165) is 11.6 Å². The summed E-state index contributed by atoms with van der Waals surface area (Å²) in [5, 5.41) is 13.2. The molecule has 0 amide bonds. The second kappa shape index (κ2) is 10.2. The summed E-state index contributed by atoms with van der Waals surface area (Å²) < 4.78 is 44.5. The lowest BCUT2D eigenvalue weighted by atomic mass is 10.0. The predicted molar refractivity (Wildman–Crippen MR) is 106 cm³/mol. The zero-order chi connectivity index (χ0) is 22.3. The molecule has 2 rings (SSSR count). The topological polar surface area (TPSA) is 68.1 Å². The highest BCUT2D eigenvalue weighted by Gasteiger charge is 2.33. The second-order valence-electron chi connectivity index (χ2n) is 7.02. The van der Waals surface area contributed by atoms with Gasteiger partial charge in [-0.1, -0.05) is 41.6 Å². The summed E-state index contributed by atoms with van der Waals surface area (Å²) >= 11 is 0. The van der Waals surface area contributed by atoms with Crippen molar-refractivity contribution in [1.82, 2.24) is 0 Å². The van der Waals surface area contributed by atoms with Crippen LogP contribution in [0.3, 0.4) is 0 Å². The number of oxime groups is 1. The van der Waals surface area contributed by atoms with Crippen LogP contribution in [0.5, 0.6) is 0 Å². The van der Waals surface area contributed by atoms with Gasteiger partial charge in [0.05, 0.1) is 17.4 Å². The van der Waals surface area contributed by atoms with Crippen molar-refractivity contribution in [2.45, 2.75) is 52.2 Å². The Morgan fingerprint density at radius 3 is 2.47 bits per heavy atom. The number of hydrogen-bond donors (Lipinski definition) is 1. The molecule has 5 nitrogen and oxygen atoms in total. The minimum Gasteiger partial charge on any atom is -0.479 e. The molecule has 0 spiro atoms. The van der Waals surface area contributed by atoms with Gasteiger partial charge < -0.3 is 14.7 Å². The third-order valence-electron chi connectivity index (χ3n) is 4.22. The maximum absolute atomic E-state index is 13.0. The molecule has 162 valence electrons. The third-order valence-corrected chi connectivity index (χ3v) is 4.22. The van der Waals surface area contributed by atoms with Gasteiger partial charge in [-0.05, 0) is 44.0 Å². The number of alkyl halides is 3. The quantitative estimate of drug-likeness (QED) is 0.452. The van der Waals surface area contributed by atoms with Crippen LogP contribution in [-0.4, -0.2) is 29.0 Å². The number of carbonyl (C=O) groups is 1. The maximum Gasteiger partial charge on any atom is 0.416 e. The number of nitrogens with zero attached hydrogens (tertiary/aromatic N) is 1. The van der Waals surface area contributed by atoms with Crippen LogP contribution in [0, 0.1) is 0 Å². The van der Waals surface area contributed by atoms with Crippen LogP contribution in [0.25, 0.3) is 0 Å². The number of hydrogen-bond acceptors (Lipinski definition) is 4. The van der Waals surface area contributed by atoms with Crippen molar-refractivity contribution in [2.75, 3.05) is 0 Å². The van der Waals surface area contributed by atoms with Crippen molar-refractivity contribution in [2.24, 2.45) is 5.16 Å². The van der Waals surface area contributed by atoms with Gasteiger partial charge in [-0.3, -0.25) is 0 Å². The minimum absolute atomic E-state index is 0.00886. The molecule has 0 saturated carbocycles. The predicted octanol–water partition coefficient (Wildman–Crippen LogP) is 5.07. The summed E-state index contributed by atoms with van der Waals surface area (Å²) in [5.74, 6) is -1.05. The number of halogens is 3. The minimum atomic E-state index is -4.47. The van der Waals surface area contributed by atoms with E-state index in [-0.39, 0.29) is 24.7 Å². The highest BCUT2D eigenvalue weighted by atomic mass is 19.4. The first kappa shape index (κ1) is 23.4. The Morgan fingerprint density at radius 1 is 1.13 bits per heavy atom. The van der Waals surface area contributed by atoms with Gasteiger partial charge in [0.25, 0.3) is 0 Å². The summed E-state index contributed by atoms with van der Waals surface area (Å²) in [5.41, 5.74) is 1.09. The molecule has 0 bridgehead atoms. The Morgan fingerprint density at radius 2 is 1.83 bits per heavy atom.